The third-order valence-electron chi connectivity index (χ3n) is 3.12. The number of nitrogens with zero attached hydrogens (tertiary/aromatic N) is 1. The van der Waals surface area contributed by atoms with Crippen LogP contribution in [0.25, 0.3) is 0 Å². The highest BCUT2D eigenvalue weighted by Gasteiger charge is 2.27. The topological polar surface area (TPSA) is 62.6 Å². The summed E-state index contributed by atoms with van der Waals surface area (Å²) in [6, 6.07) is 5.22. The standard InChI is InChI=1S/C14H20N2O3S2/c1-3-15-10-13-14(7-9-20-13)21(17,18)16(4-2)11-12-6-5-8-19-12/h5-9,15H,3-4,10-11H2,1-2H3. The summed E-state index contributed by atoms with van der Waals surface area (Å²) < 4.78 is 32.3. The molecule has 2 aromatic heterocycles. The Balaban J connectivity index is 2.24. The largest absolute Gasteiger partial charge is 0.468 e. The number of furan rings is 1. The molecule has 1 N–H and O–H groups in total. The van der Waals surface area contributed by atoms with Gasteiger partial charge in [-0.3, -0.25) is 0 Å². The molecule has 0 bridgehead atoms. The molecule has 116 valence electrons. The van der Waals surface area contributed by atoms with Gasteiger partial charge in [-0.15, -0.1) is 11.3 Å². The Morgan fingerprint density at radius 3 is 2.76 bits per heavy atom. The summed E-state index contributed by atoms with van der Waals surface area (Å²) in [5.74, 6) is 0.642. The third-order valence-corrected chi connectivity index (χ3v) is 6.18. The van der Waals surface area contributed by atoms with Crippen LogP contribution >= 0.6 is 11.3 Å². The molecule has 0 aliphatic carbocycles. The molecule has 0 aliphatic heterocycles. The van der Waals surface area contributed by atoms with Crippen LogP contribution in [-0.2, 0) is 23.1 Å². The smallest absolute Gasteiger partial charge is 0.244 e. The number of rotatable bonds is 8. The Hall–Kier alpha value is -1.15. The molecule has 2 heterocycles. The highest BCUT2D eigenvalue weighted by Crippen LogP contribution is 2.26. The molecule has 0 spiro atoms. The van der Waals surface area contributed by atoms with Crippen LogP contribution in [0.4, 0.5) is 0 Å². The first-order valence-electron chi connectivity index (χ1n) is 6.89. The maximum atomic E-state index is 12.8. The van der Waals surface area contributed by atoms with E-state index in [0.717, 1.165) is 11.4 Å². The second kappa shape index (κ2) is 7.22. The van der Waals surface area contributed by atoms with Gasteiger partial charge in [0, 0.05) is 18.0 Å². The van der Waals surface area contributed by atoms with Gasteiger partial charge >= 0.3 is 0 Å². The molecule has 2 aromatic rings. The van der Waals surface area contributed by atoms with Gasteiger partial charge in [-0.05, 0) is 30.1 Å². The van der Waals surface area contributed by atoms with Crippen LogP contribution in [0.3, 0.4) is 0 Å². The Bertz CT molecular complexity index is 648. The van der Waals surface area contributed by atoms with Gasteiger partial charge in [-0.1, -0.05) is 13.8 Å². The molecule has 0 saturated carbocycles. The van der Waals surface area contributed by atoms with Gasteiger partial charge in [0.25, 0.3) is 0 Å². The van der Waals surface area contributed by atoms with E-state index in [-0.39, 0.29) is 6.54 Å². The van der Waals surface area contributed by atoms with Gasteiger partial charge in [-0.2, -0.15) is 4.31 Å². The van der Waals surface area contributed by atoms with Crippen LogP contribution in [0.1, 0.15) is 24.5 Å². The summed E-state index contributed by atoms with van der Waals surface area (Å²) in [5, 5.41) is 4.99. The van der Waals surface area contributed by atoms with Gasteiger partial charge in [-0.25, -0.2) is 8.42 Å². The van der Waals surface area contributed by atoms with Crippen LogP contribution in [0, 0.1) is 0 Å². The van der Waals surface area contributed by atoms with Crippen LogP contribution in [0.15, 0.2) is 39.2 Å². The minimum Gasteiger partial charge on any atom is -0.468 e. The van der Waals surface area contributed by atoms with Crippen LogP contribution in [-0.4, -0.2) is 25.8 Å². The summed E-state index contributed by atoms with van der Waals surface area (Å²) in [7, 11) is -3.50. The molecule has 0 atom stereocenters. The first-order valence-corrected chi connectivity index (χ1v) is 9.21. The van der Waals surface area contributed by atoms with Crippen molar-refractivity contribution in [3.8, 4) is 0 Å². The minimum absolute atomic E-state index is 0.252. The molecule has 0 fully saturated rings. The van der Waals surface area contributed by atoms with Crippen molar-refractivity contribution in [2.45, 2.75) is 31.8 Å². The molecule has 5 nitrogen and oxygen atoms in total. The van der Waals surface area contributed by atoms with E-state index in [4.69, 9.17) is 4.42 Å². The maximum absolute atomic E-state index is 12.8. The lowest BCUT2D eigenvalue weighted by molar-refractivity contribution is 0.375. The molecule has 0 saturated heterocycles. The quantitative estimate of drug-likeness (QED) is 0.809. The van der Waals surface area contributed by atoms with Crippen molar-refractivity contribution in [2.24, 2.45) is 0 Å². The van der Waals surface area contributed by atoms with Crippen molar-refractivity contribution in [3.63, 3.8) is 0 Å². The fourth-order valence-electron chi connectivity index (χ4n) is 2.01. The van der Waals surface area contributed by atoms with E-state index >= 15 is 0 Å². The zero-order valence-electron chi connectivity index (χ0n) is 12.2. The van der Waals surface area contributed by atoms with Gasteiger partial charge in [0.2, 0.25) is 10.0 Å². The van der Waals surface area contributed by atoms with Crippen molar-refractivity contribution < 1.29 is 12.8 Å². The summed E-state index contributed by atoms with van der Waals surface area (Å²) in [6.07, 6.45) is 1.55. The van der Waals surface area contributed by atoms with Crippen molar-refractivity contribution in [1.29, 1.82) is 0 Å². The fourth-order valence-corrected chi connectivity index (χ4v) is 4.81. The number of nitrogens with one attached hydrogen (secondary N) is 1. The van der Waals surface area contributed by atoms with Crippen molar-refractivity contribution in [3.05, 3.63) is 40.5 Å². The predicted octanol–water partition coefficient (Wildman–Crippen LogP) is 2.66. The van der Waals surface area contributed by atoms with E-state index in [2.05, 4.69) is 5.32 Å². The molecular formula is C14H20N2O3S2. The summed E-state index contributed by atoms with van der Waals surface area (Å²) >= 11 is 1.46. The maximum Gasteiger partial charge on any atom is 0.244 e. The van der Waals surface area contributed by atoms with Crippen molar-refractivity contribution in [2.75, 3.05) is 13.1 Å². The number of thiophene rings is 1. The first kappa shape index (κ1) is 16.2. The number of hydrogen-bond acceptors (Lipinski definition) is 5. The van der Waals surface area contributed by atoms with Gasteiger partial charge < -0.3 is 9.73 Å². The molecule has 7 heteroatoms. The Kier molecular flexibility index (Phi) is 5.58. The van der Waals surface area contributed by atoms with E-state index < -0.39 is 10.0 Å². The van der Waals surface area contributed by atoms with E-state index in [9.17, 15) is 8.42 Å². The monoisotopic (exact) mass is 328 g/mol. The molecule has 0 radical (unpaired) electrons. The van der Waals surface area contributed by atoms with Gasteiger partial charge in [0.15, 0.2) is 0 Å². The second-order valence-electron chi connectivity index (χ2n) is 4.50. The third kappa shape index (κ3) is 3.74. The molecule has 0 unspecified atom stereocenters. The van der Waals surface area contributed by atoms with E-state index in [1.807, 2.05) is 19.2 Å². The van der Waals surface area contributed by atoms with Crippen LogP contribution < -0.4 is 5.32 Å². The lowest BCUT2D eigenvalue weighted by Crippen LogP contribution is -2.31. The number of hydrogen-bond donors (Lipinski definition) is 1. The molecular weight excluding hydrogens is 308 g/mol. The molecule has 21 heavy (non-hydrogen) atoms. The highest BCUT2D eigenvalue weighted by atomic mass is 32.2. The van der Waals surface area contributed by atoms with Gasteiger partial charge in [0.1, 0.15) is 5.76 Å². The fraction of sp³-hybridized carbons (Fsp3) is 0.429. The van der Waals surface area contributed by atoms with E-state index in [0.29, 0.717) is 23.7 Å². The first-order chi connectivity index (χ1) is 10.1. The lowest BCUT2D eigenvalue weighted by Gasteiger charge is -2.19. The Labute approximate surface area is 129 Å². The van der Waals surface area contributed by atoms with Crippen LogP contribution in [0.2, 0.25) is 0 Å². The Morgan fingerprint density at radius 2 is 2.14 bits per heavy atom. The lowest BCUT2D eigenvalue weighted by atomic mass is 10.4. The zero-order chi connectivity index (χ0) is 15.3. The molecule has 0 amide bonds. The summed E-state index contributed by atoms with van der Waals surface area (Å²) in [5.41, 5.74) is 0. The minimum atomic E-state index is -3.50. The molecule has 2 rings (SSSR count). The predicted molar refractivity (Wildman–Crippen MR) is 83.7 cm³/mol. The average molecular weight is 328 g/mol. The molecule has 0 aromatic carbocycles. The van der Waals surface area contributed by atoms with E-state index in [1.165, 1.54) is 15.6 Å². The van der Waals surface area contributed by atoms with Gasteiger partial charge in [0.05, 0.1) is 17.7 Å². The van der Waals surface area contributed by atoms with Crippen molar-refractivity contribution >= 4 is 21.4 Å². The summed E-state index contributed by atoms with van der Waals surface area (Å²) in [6.45, 7) is 5.86. The number of sulfonamides is 1. The Morgan fingerprint density at radius 1 is 1.33 bits per heavy atom. The average Bonchev–Trinajstić information content (AvgIpc) is 3.13. The molecule has 0 aliphatic rings. The highest BCUT2D eigenvalue weighted by molar-refractivity contribution is 7.89. The zero-order valence-corrected chi connectivity index (χ0v) is 13.8. The van der Waals surface area contributed by atoms with Crippen molar-refractivity contribution in [1.82, 2.24) is 9.62 Å². The SMILES string of the molecule is CCNCc1sccc1S(=O)(=O)N(CC)Cc1ccco1. The van der Waals surface area contributed by atoms with Crippen LogP contribution in [0.5, 0.6) is 0 Å². The second-order valence-corrected chi connectivity index (χ2v) is 7.41. The summed E-state index contributed by atoms with van der Waals surface area (Å²) in [4.78, 5) is 1.23. The van der Waals surface area contributed by atoms with E-state index in [1.54, 1.807) is 24.5 Å². The normalized spacial score (nSPS) is 12.1.